The Morgan fingerprint density at radius 1 is 0.308 bits per heavy atom. The molecule has 3 aromatic heterocycles. The summed E-state index contributed by atoms with van der Waals surface area (Å²) in [5.41, 5.74) is 9.80. The molecule has 0 aliphatic carbocycles. The fourth-order valence-electron chi connectivity index (χ4n) is 7.74. The van der Waals surface area contributed by atoms with Crippen molar-refractivity contribution in [3.8, 4) is 22.3 Å². The molecule has 4 heteroatoms. The molecule has 2 nitrogen and oxygen atoms in total. The second-order valence-electron chi connectivity index (χ2n) is 13.3. The van der Waals surface area contributed by atoms with Crippen molar-refractivity contribution in [3.63, 3.8) is 0 Å². The van der Waals surface area contributed by atoms with Crippen LogP contribution in [-0.4, -0.2) is 0 Å². The van der Waals surface area contributed by atoms with E-state index in [1.807, 2.05) is 34.8 Å². The lowest BCUT2D eigenvalue weighted by Gasteiger charge is -2.26. The second-order valence-corrected chi connectivity index (χ2v) is 15.5. The average molecular weight is 700 g/mol. The van der Waals surface area contributed by atoms with Gasteiger partial charge in [-0.25, -0.2) is 0 Å². The van der Waals surface area contributed by atoms with Gasteiger partial charge in [-0.05, 0) is 89.0 Å². The summed E-state index contributed by atoms with van der Waals surface area (Å²) >= 11 is 3.72. The van der Waals surface area contributed by atoms with Gasteiger partial charge in [0.25, 0.3) is 0 Å². The lowest BCUT2D eigenvalue weighted by molar-refractivity contribution is 0.669. The first-order valence-corrected chi connectivity index (χ1v) is 19.1. The summed E-state index contributed by atoms with van der Waals surface area (Å²) < 4.78 is 11.7. The number of anilines is 3. The molecule has 0 spiro atoms. The van der Waals surface area contributed by atoms with E-state index < -0.39 is 0 Å². The fraction of sp³-hybridized carbons (Fsp3) is 0. The van der Waals surface area contributed by atoms with Crippen LogP contribution in [0.5, 0.6) is 0 Å². The van der Waals surface area contributed by atoms with Crippen LogP contribution in [0.25, 0.3) is 84.5 Å². The number of hydrogen-bond donors (Lipinski definition) is 0. The Hall–Kier alpha value is -6.20. The summed E-state index contributed by atoms with van der Waals surface area (Å²) in [7, 11) is 0. The Bertz CT molecular complexity index is 3150. The zero-order valence-corrected chi connectivity index (χ0v) is 29.5. The van der Waals surface area contributed by atoms with Crippen molar-refractivity contribution in [1.82, 2.24) is 0 Å². The van der Waals surface area contributed by atoms with Crippen LogP contribution in [0.4, 0.5) is 17.1 Å². The van der Waals surface area contributed by atoms with E-state index in [1.165, 1.54) is 62.6 Å². The minimum atomic E-state index is 0.878. The fourth-order valence-corrected chi connectivity index (χ4v) is 10.0. The molecule has 8 aromatic carbocycles. The van der Waals surface area contributed by atoms with Crippen LogP contribution in [0.1, 0.15) is 0 Å². The highest BCUT2D eigenvalue weighted by Gasteiger charge is 2.17. The van der Waals surface area contributed by atoms with Crippen molar-refractivity contribution in [2.75, 3.05) is 4.90 Å². The lowest BCUT2D eigenvalue weighted by Crippen LogP contribution is -2.10. The van der Waals surface area contributed by atoms with E-state index in [-0.39, 0.29) is 0 Å². The Labute approximate surface area is 308 Å². The number of benzene rings is 8. The summed E-state index contributed by atoms with van der Waals surface area (Å²) in [6, 6.07) is 63.8. The first-order valence-electron chi connectivity index (χ1n) is 17.5. The molecular weight excluding hydrogens is 671 g/mol. The van der Waals surface area contributed by atoms with E-state index in [2.05, 4.69) is 169 Å². The molecule has 0 saturated carbocycles. The lowest BCUT2D eigenvalue weighted by atomic mass is 10.0. The van der Waals surface area contributed by atoms with Gasteiger partial charge in [0.1, 0.15) is 11.2 Å². The van der Waals surface area contributed by atoms with Gasteiger partial charge >= 0.3 is 0 Å². The van der Waals surface area contributed by atoms with E-state index in [9.17, 15) is 0 Å². The molecule has 0 atom stereocenters. The molecule has 0 radical (unpaired) electrons. The maximum atomic E-state index is 6.38. The SMILES string of the molecule is c1cc(-c2ccc3c(c2)sc2ccccc23)cc(N(c2ccc(-c3ccc4c(c3)sc3ccccc34)cc2)c2ccc3c(c2)oc2ccccc23)c1. The third kappa shape index (κ3) is 4.76. The topological polar surface area (TPSA) is 16.4 Å². The molecule has 0 aliphatic heterocycles. The van der Waals surface area contributed by atoms with Gasteiger partial charge in [-0.15, -0.1) is 22.7 Å². The van der Waals surface area contributed by atoms with Crippen LogP contribution in [-0.2, 0) is 0 Å². The highest BCUT2D eigenvalue weighted by atomic mass is 32.1. The number of hydrogen-bond acceptors (Lipinski definition) is 4. The zero-order valence-electron chi connectivity index (χ0n) is 27.9. The number of thiophene rings is 2. The van der Waals surface area contributed by atoms with Crippen molar-refractivity contribution in [1.29, 1.82) is 0 Å². The van der Waals surface area contributed by atoms with Gasteiger partial charge in [-0.1, -0.05) is 103 Å². The molecule has 244 valence electrons. The van der Waals surface area contributed by atoms with Gasteiger partial charge in [-0.3, -0.25) is 0 Å². The molecule has 0 N–H and O–H groups in total. The predicted octanol–water partition coefficient (Wildman–Crippen LogP) is 15.1. The second kappa shape index (κ2) is 11.7. The van der Waals surface area contributed by atoms with E-state index >= 15 is 0 Å². The van der Waals surface area contributed by atoms with Gasteiger partial charge in [0.05, 0.1) is 0 Å². The molecule has 11 rings (SSSR count). The predicted molar refractivity (Wildman–Crippen MR) is 225 cm³/mol. The van der Waals surface area contributed by atoms with Crippen molar-refractivity contribution in [3.05, 3.63) is 176 Å². The summed E-state index contributed by atoms with van der Waals surface area (Å²) in [5, 5.41) is 7.53. The summed E-state index contributed by atoms with van der Waals surface area (Å²) in [5.74, 6) is 0. The number of fused-ring (bicyclic) bond motifs is 9. The van der Waals surface area contributed by atoms with E-state index in [1.54, 1.807) is 0 Å². The van der Waals surface area contributed by atoms with Gasteiger partial charge in [0, 0.05) is 74.2 Å². The quantitative estimate of drug-likeness (QED) is 0.178. The monoisotopic (exact) mass is 699 g/mol. The maximum Gasteiger partial charge on any atom is 0.137 e. The minimum Gasteiger partial charge on any atom is -0.456 e. The molecule has 0 aliphatic rings. The summed E-state index contributed by atoms with van der Waals surface area (Å²) in [6.07, 6.45) is 0. The maximum absolute atomic E-state index is 6.38. The number of nitrogens with zero attached hydrogens (tertiary/aromatic N) is 1. The van der Waals surface area contributed by atoms with Crippen LogP contribution in [0.3, 0.4) is 0 Å². The van der Waals surface area contributed by atoms with Crippen LogP contribution in [0.2, 0.25) is 0 Å². The summed E-state index contributed by atoms with van der Waals surface area (Å²) in [6.45, 7) is 0. The molecule has 0 saturated heterocycles. The first kappa shape index (κ1) is 29.5. The van der Waals surface area contributed by atoms with E-state index in [4.69, 9.17) is 4.42 Å². The highest BCUT2D eigenvalue weighted by molar-refractivity contribution is 7.26. The van der Waals surface area contributed by atoms with Gasteiger partial charge in [-0.2, -0.15) is 0 Å². The molecule has 0 fully saturated rings. The Balaban J connectivity index is 1.03. The van der Waals surface area contributed by atoms with E-state index in [0.717, 1.165) is 39.0 Å². The van der Waals surface area contributed by atoms with Crippen molar-refractivity contribution in [2.45, 2.75) is 0 Å². The molecule has 0 bridgehead atoms. The van der Waals surface area contributed by atoms with Crippen molar-refractivity contribution >= 4 is 102 Å². The molecular formula is C48H29NOS2. The van der Waals surface area contributed by atoms with Crippen LogP contribution in [0.15, 0.2) is 180 Å². The number of furan rings is 1. The molecule has 11 aromatic rings. The third-order valence-electron chi connectivity index (χ3n) is 10.3. The third-order valence-corrected chi connectivity index (χ3v) is 12.5. The van der Waals surface area contributed by atoms with Gasteiger partial charge in [0.2, 0.25) is 0 Å². The Kier molecular flexibility index (Phi) is 6.63. The standard InChI is InChI=1S/C48H29NOS2/c1-4-13-43-37(10-1)38-25-22-36(29-44(38)50-43)49(34-20-16-30(17-21-34)32-18-23-41-39-11-2-5-14-45(39)51-47(41)27-32)35-9-7-8-31(26-35)33-19-24-42-40-12-3-6-15-46(40)52-48(42)28-33/h1-29H. The summed E-state index contributed by atoms with van der Waals surface area (Å²) in [4.78, 5) is 2.34. The van der Waals surface area contributed by atoms with Crippen molar-refractivity contribution < 1.29 is 4.42 Å². The largest absolute Gasteiger partial charge is 0.456 e. The molecule has 3 heterocycles. The van der Waals surface area contributed by atoms with Crippen molar-refractivity contribution in [2.24, 2.45) is 0 Å². The smallest absolute Gasteiger partial charge is 0.137 e. The number of rotatable bonds is 5. The van der Waals surface area contributed by atoms with Crippen LogP contribution >= 0.6 is 22.7 Å². The first-order chi connectivity index (χ1) is 25.7. The van der Waals surface area contributed by atoms with Gasteiger partial charge < -0.3 is 9.32 Å². The highest BCUT2D eigenvalue weighted by Crippen LogP contribution is 2.42. The molecule has 0 amide bonds. The van der Waals surface area contributed by atoms with Crippen LogP contribution in [0, 0.1) is 0 Å². The van der Waals surface area contributed by atoms with E-state index in [0.29, 0.717) is 0 Å². The van der Waals surface area contributed by atoms with Gasteiger partial charge in [0.15, 0.2) is 0 Å². The average Bonchev–Trinajstić information content (AvgIpc) is 3.88. The molecule has 52 heavy (non-hydrogen) atoms. The Morgan fingerprint density at radius 3 is 1.52 bits per heavy atom. The normalized spacial score (nSPS) is 11.8. The minimum absolute atomic E-state index is 0.878. The van der Waals surface area contributed by atoms with Crippen LogP contribution < -0.4 is 4.90 Å². The number of para-hydroxylation sites is 1. The Morgan fingerprint density at radius 2 is 0.808 bits per heavy atom. The zero-order chi connectivity index (χ0) is 34.2. The molecule has 0 unspecified atom stereocenters.